The zero-order chi connectivity index (χ0) is 12.3. The van der Waals surface area contributed by atoms with Crippen molar-refractivity contribution >= 4 is 11.6 Å². The molecule has 0 bridgehead atoms. The van der Waals surface area contributed by atoms with E-state index >= 15 is 0 Å². The molecule has 94 valence electrons. The van der Waals surface area contributed by atoms with Crippen molar-refractivity contribution in [1.82, 2.24) is 4.90 Å². The second kappa shape index (κ2) is 5.61. The van der Waals surface area contributed by atoms with E-state index in [9.17, 15) is 0 Å². The molecule has 1 heterocycles. The van der Waals surface area contributed by atoms with E-state index in [1.165, 1.54) is 11.1 Å². The molecule has 4 heteroatoms. The predicted octanol–water partition coefficient (Wildman–Crippen LogP) is 2.30. The molecule has 0 fully saturated rings. The Labute approximate surface area is 107 Å². The number of benzene rings is 1. The van der Waals surface area contributed by atoms with Crippen LogP contribution in [0.3, 0.4) is 0 Å². The Hall–Kier alpha value is -0.930. The first-order valence-electron chi connectivity index (χ1n) is 5.80. The Morgan fingerprint density at radius 3 is 2.41 bits per heavy atom. The fourth-order valence-corrected chi connectivity index (χ4v) is 2.49. The molecule has 0 radical (unpaired) electrons. The van der Waals surface area contributed by atoms with Crippen LogP contribution < -0.4 is 9.47 Å². The van der Waals surface area contributed by atoms with Gasteiger partial charge in [-0.25, -0.2) is 0 Å². The highest BCUT2D eigenvalue weighted by Crippen LogP contribution is 2.33. The van der Waals surface area contributed by atoms with Gasteiger partial charge in [0.25, 0.3) is 0 Å². The summed E-state index contributed by atoms with van der Waals surface area (Å²) < 4.78 is 10.6. The molecule has 17 heavy (non-hydrogen) atoms. The predicted molar refractivity (Wildman–Crippen MR) is 69.2 cm³/mol. The fourth-order valence-electron chi connectivity index (χ4n) is 2.25. The van der Waals surface area contributed by atoms with Crippen LogP contribution in [0.5, 0.6) is 11.5 Å². The van der Waals surface area contributed by atoms with Crippen molar-refractivity contribution < 1.29 is 9.47 Å². The molecule has 0 unspecified atom stereocenters. The van der Waals surface area contributed by atoms with Crippen LogP contribution in [0, 0.1) is 0 Å². The number of fused-ring (bicyclic) bond motifs is 1. The smallest absolute Gasteiger partial charge is 0.161 e. The molecular formula is C13H18ClNO2. The van der Waals surface area contributed by atoms with E-state index in [1.807, 2.05) is 0 Å². The van der Waals surface area contributed by atoms with Gasteiger partial charge in [0.1, 0.15) is 0 Å². The lowest BCUT2D eigenvalue weighted by molar-refractivity contribution is 0.267. The number of nitrogens with zero attached hydrogens (tertiary/aromatic N) is 1. The van der Waals surface area contributed by atoms with Gasteiger partial charge in [-0.2, -0.15) is 0 Å². The molecule has 1 aromatic rings. The standard InChI is InChI=1S/C13H18ClNO2/c1-16-12-7-10-3-5-15(6-4-14)9-11(10)8-13(12)17-2/h7-8H,3-6,9H2,1-2H3. The lowest BCUT2D eigenvalue weighted by Crippen LogP contribution is -2.32. The average molecular weight is 256 g/mol. The Morgan fingerprint density at radius 1 is 1.18 bits per heavy atom. The zero-order valence-corrected chi connectivity index (χ0v) is 11.1. The van der Waals surface area contributed by atoms with E-state index in [0.29, 0.717) is 5.88 Å². The third-order valence-electron chi connectivity index (χ3n) is 3.20. The Kier molecular flexibility index (Phi) is 4.13. The molecule has 0 amide bonds. The Morgan fingerprint density at radius 2 is 1.82 bits per heavy atom. The van der Waals surface area contributed by atoms with Gasteiger partial charge in [0.2, 0.25) is 0 Å². The Bertz CT molecular complexity index is 395. The van der Waals surface area contributed by atoms with E-state index in [1.54, 1.807) is 14.2 Å². The normalized spacial score (nSPS) is 15.5. The summed E-state index contributed by atoms with van der Waals surface area (Å²) in [5.41, 5.74) is 2.67. The molecule has 0 spiro atoms. The van der Waals surface area contributed by atoms with E-state index in [0.717, 1.165) is 37.6 Å². The number of methoxy groups -OCH3 is 2. The summed E-state index contributed by atoms with van der Waals surface area (Å²) in [4.78, 5) is 2.36. The minimum absolute atomic E-state index is 0.683. The number of alkyl halides is 1. The molecule has 0 saturated carbocycles. The largest absolute Gasteiger partial charge is 0.493 e. The van der Waals surface area contributed by atoms with Crippen LogP contribution >= 0.6 is 11.6 Å². The number of hydrogen-bond donors (Lipinski definition) is 0. The van der Waals surface area contributed by atoms with Crippen molar-refractivity contribution in [2.45, 2.75) is 13.0 Å². The van der Waals surface area contributed by atoms with Crippen LogP contribution in [0.25, 0.3) is 0 Å². The third kappa shape index (κ3) is 2.67. The molecule has 0 aliphatic carbocycles. The van der Waals surface area contributed by atoms with Gasteiger partial charge in [-0.05, 0) is 29.7 Å². The first-order valence-corrected chi connectivity index (χ1v) is 6.34. The summed E-state index contributed by atoms with van der Waals surface area (Å²) in [5, 5.41) is 0. The maximum absolute atomic E-state index is 5.78. The van der Waals surface area contributed by atoms with Crippen LogP contribution in [-0.4, -0.2) is 38.1 Å². The van der Waals surface area contributed by atoms with Gasteiger partial charge in [0.05, 0.1) is 14.2 Å². The number of hydrogen-bond acceptors (Lipinski definition) is 3. The van der Waals surface area contributed by atoms with Crippen molar-refractivity contribution in [2.75, 3.05) is 33.2 Å². The van der Waals surface area contributed by atoms with Gasteiger partial charge >= 0.3 is 0 Å². The van der Waals surface area contributed by atoms with Gasteiger partial charge < -0.3 is 9.47 Å². The molecule has 0 saturated heterocycles. The van der Waals surface area contributed by atoms with Gasteiger partial charge in [0.15, 0.2) is 11.5 Å². The lowest BCUT2D eigenvalue weighted by atomic mass is 9.99. The minimum atomic E-state index is 0.683. The first kappa shape index (κ1) is 12.5. The van der Waals surface area contributed by atoms with Crippen molar-refractivity contribution in [3.05, 3.63) is 23.3 Å². The number of halogens is 1. The quantitative estimate of drug-likeness (QED) is 0.771. The summed E-state index contributed by atoms with van der Waals surface area (Å²) in [5.74, 6) is 2.30. The molecule has 0 aromatic heterocycles. The van der Waals surface area contributed by atoms with Gasteiger partial charge in [-0.3, -0.25) is 4.90 Å². The molecular weight excluding hydrogens is 238 g/mol. The SMILES string of the molecule is COc1cc2c(cc1OC)CN(CCCl)CC2. The summed E-state index contributed by atoms with van der Waals surface area (Å²) >= 11 is 5.78. The second-order valence-electron chi connectivity index (χ2n) is 4.19. The highest BCUT2D eigenvalue weighted by atomic mass is 35.5. The molecule has 3 nitrogen and oxygen atoms in total. The van der Waals surface area contributed by atoms with Crippen LogP contribution in [-0.2, 0) is 13.0 Å². The van der Waals surface area contributed by atoms with Crippen LogP contribution in [0.4, 0.5) is 0 Å². The van der Waals surface area contributed by atoms with Crippen LogP contribution in [0.2, 0.25) is 0 Å². The summed E-state index contributed by atoms with van der Waals surface area (Å²) in [6.45, 7) is 2.95. The summed E-state index contributed by atoms with van der Waals surface area (Å²) in [6.07, 6.45) is 1.05. The first-order chi connectivity index (χ1) is 8.28. The maximum atomic E-state index is 5.78. The van der Waals surface area contributed by atoms with E-state index < -0.39 is 0 Å². The third-order valence-corrected chi connectivity index (χ3v) is 3.37. The van der Waals surface area contributed by atoms with Crippen LogP contribution in [0.15, 0.2) is 12.1 Å². The minimum Gasteiger partial charge on any atom is -0.493 e. The van der Waals surface area contributed by atoms with E-state index in [2.05, 4.69) is 17.0 Å². The van der Waals surface area contributed by atoms with Crippen molar-refractivity contribution in [2.24, 2.45) is 0 Å². The average Bonchev–Trinajstić information content (AvgIpc) is 2.37. The highest BCUT2D eigenvalue weighted by molar-refractivity contribution is 6.18. The van der Waals surface area contributed by atoms with Crippen molar-refractivity contribution in [3.8, 4) is 11.5 Å². The lowest BCUT2D eigenvalue weighted by Gasteiger charge is -2.28. The molecule has 0 N–H and O–H groups in total. The molecule has 1 aliphatic rings. The van der Waals surface area contributed by atoms with Gasteiger partial charge in [0, 0.05) is 25.5 Å². The summed E-state index contributed by atoms with van der Waals surface area (Å²) in [7, 11) is 3.34. The topological polar surface area (TPSA) is 21.7 Å². The maximum Gasteiger partial charge on any atom is 0.161 e. The molecule has 0 atom stereocenters. The van der Waals surface area contributed by atoms with Gasteiger partial charge in [-0.15, -0.1) is 11.6 Å². The fraction of sp³-hybridized carbons (Fsp3) is 0.538. The van der Waals surface area contributed by atoms with Gasteiger partial charge in [-0.1, -0.05) is 0 Å². The number of rotatable bonds is 4. The molecule has 1 aromatic carbocycles. The van der Waals surface area contributed by atoms with Crippen molar-refractivity contribution in [1.29, 1.82) is 0 Å². The van der Waals surface area contributed by atoms with E-state index in [-0.39, 0.29) is 0 Å². The second-order valence-corrected chi connectivity index (χ2v) is 4.57. The highest BCUT2D eigenvalue weighted by Gasteiger charge is 2.18. The number of ether oxygens (including phenoxy) is 2. The summed E-state index contributed by atoms with van der Waals surface area (Å²) in [6, 6.07) is 4.17. The molecule has 2 rings (SSSR count). The van der Waals surface area contributed by atoms with Crippen LogP contribution in [0.1, 0.15) is 11.1 Å². The molecule has 1 aliphatic heterocycles. The zero-order valence-electron chi connectivity index (χ0n) is 10.3. The van der Waals surface area contributed by atoms with Crippen molar-refractivity contribution in [3.63, 3.8) is 0 Å². The van der Waals surface area contributed by atoms with E-state index in [4.69, 9.17) is 21.1 Å². The monoisotopic (exact) mass is 255 g/mol. The Balaban J connectivity index is 2.25.